The molecule has 0 spiro atoms. The number of aromatic nitrogens is 2. The first-order valence-electron chi connectivity index (χ1n) is 5.26. The van der Waals surface area contributed by atoms with Gasteiger partial charge in [-0.1, -0.05) is 29.2 Å². The van der Waals surface area contributed by atoms with Crippen LogP contribution in [0, 0.1) is 6.92 Å². The zero-order valence-corrected chi connectivity index (χ0v) is 13.1. The third-order valence-corrected chi connectivity index (χ3v) is 4.70. The van der Waals surface area contributed by atoms with E-state index in [9.17, 15) is 4.79 Å². The van der Waals surface area contributed by atoms with Crippen molar-refractivity contribution in [2.24, 2.45) is 0 Å². The van der Waals surface area contributed by atoms with E-state index in [1.165, 1.54) is 11.3 Å². The van der Waals surface area contributed by atoms with Gasteiger partial charge in [0.25, 0.3) is 0 Å². The molecule has 1 aromatic carbocycles. The third-order valence-electron chi connectivity index (χ3n) is 2.09. The van der Waals surface area contributed by atoms with Crippen LogP contribution in [0.3, 0.4) is 0 Å². The molecule has 0 radical (unpaired) electrons. The predicted molar refractivity (Wildman–Crippen MR) is 80.4 cm³/mol. The van der Waals surface area contributed by atoms with Gasteiger partial charge in [-0.3, -0.25) is 4.79 Å². The quantitative estimate of drug-likeness (QED) is 0.795. The van der Waals surface area contributed by atoms with E-state index in [0.29, 0.717) is 9.47 Å². The molecule has 2 N–H and O–H groups in total. The standard InChI is InChI=1S/C11H10BrN3O2S2/c1-6-2-3-8(7(12)4-6)13-10-14-15-11(19-10)18-5-9(16)17/h2-4H,5H2,1H3,(H,13,14)(H,16,17). The molecule has 1 heterocycles. The molecular weight excluding hydrogens is 350 g/mol. The van der Waals surface area contributed by atoms with E-state index in [4.69, 9.17) is 5.11 Å². The highest BCUT2D eigenvalue weighted by Crippen LogP contribution is 2.30. The Morgan fingerprint density at radius 2 is 2.32 bits per heavy atom. The van der Waals surface area contributed by atoms with Crippen molar-refractivity contribution in [1.29, 1.82) is 0 Å². The molecule has 5 nitrogen and oxygen atoms in total. The van der Waals surface area contributed by atoms with Crippen LogP contribution in [0.2, 0.25) is 0 Å². The maximum Gasteiger partial charge on any atom is 0.313 e. The van der Waals surface area contributed by atoms with Gasteiger partial charge in [0, 0.05) is 4.47 Å². The molecule has 0 amide bonds. The van der Waals surface area contributed by atoms with E-state index in [0.717, 1.165) is 27.5 Å². The average molecular weight is 360 g/mol. The molecule has 0 fully saturated rings. The van der Waals surface area contributed by atoms with Gasteiger partial charge in [-0.2, -0.15) is 0 Å². The summed E-state index contributed by atoms with van der Waals surface area (Å²) in [6, 6.07) is 5.95. The van der Waals surface area contributed by atoms with Crippen LogP contribution in [0.4, 0.5) is 10.8 Å². The molecule has 0 saturated heterocycles. The molecule has 0 aliphatic rings. The second-order valence-electron chi connectivity index (χ2n) is 3.66. The van der Waals surface area contributed by atoms with Gasteiger partial charge in [-0.05, 0) is 40.5 Å². The number of hydrogen-bond acceptors (Lipinski definition) is 6. The Morgan fingerprint density at radius 1 is 1.53 bits per heavy atom. The molecule has 100 valence electrons. The molecule has 0 aliphatic heterocycles. The molecule has 2 aromatic rings. The monoisotopic (exact) mass is 359 g/mol. The van der Waals surface area contributed by atoms with Crippen molar-refractivity contribution in [2.45, 2.75) is 11.3 Å². The minimum Gasteiger partial charge on any atom is -0.481 e. The molecule has 1 aromatic heterocycles. The first kappa shape index (κ1) is 14.3. The zero-order chi connectivity index (χ0) is 13.8. The smallest absolute Gasteiger partial charge is 0.313 e. The van der Waals surface area contributed by atoms with Crippen molar-refractivity contribution in [1.82, 2.24) is 10.2 Å². The topological polar surface area (TPSA) is 75.1 Å². The number of benzene rings is 1. The van der Waals surface area contributed by atoms with E-state index >= 15 is 0 Å². The summed E-state index contributed by atoms with van der Waals surface area (Å²) in [4.78, 5) is 10.5. The van der Waals surface area contributed by atoms with E-state index in [-0.39, 0.29) is 5.75 Å². The highest BCUT2D eigenvalue weighted by atomic mass is 79.9. The molecule has 0 aliphatic carbocycles. The van der Waals surface area contributed by atoms with Crippen LogP contribution in [-0.2, 0) is 4.79 Å². The number of aryl methyl sites for hydroxylation is 1. The lowest BCUT2D eigenvalue weighted by atomic mass is 10.2. The molecule has 2 rings (SSSR count). The summed E-state index contributed by atoms with van der Waals surface area (Å²) in [6.07, 6.45) is 0. The lowest BCUT2D eigenvalue weighted by Gasteiger charge is -2.05. The van der Waals surface area contributed by atoms with E-state index in [1.54, 1.807) is 0 Å². The molecule has 0 atom stereocenters. The highest BCUT2D eigenvalue weighted by Gasteiger charge is 2.08. The summed E-state index contributed by atoms with van der Waals surface area (Å²) in [6.45, 7) is 2.01. The van der Waals surface area contributed by atoms with E-state index < -0.39 is 5.97 Å². The van der Waals surface area contributed by atoms with Crippen LogP contribution in [0.1, 0.15) is 5.56 Å². The van der Waals surface area contributed by atoms with Crippen LogP contribution < -0.4 is 5.32 Å². The summed E-state index contributed by atoms with van der Waals surface area (Å²) in [5.41, 5.74) is 2.06. The first-order valence-corrected chi connectivity index (χ1v) is 7.85. The largest absolute Gasteiger partial charge is 0.481 e. The van der Waals surface area contributed by atoms with Crippen molar-refractivity contribution < 1.29 is 9.90 Å². The number of carbonyl (C=O) groups is 1. The Bertz CT molecular complexity index is 603. The second kappa shape index (κ2) is 6.36. The Kier molecular flexibility index (Phi) is 4.78. The van der Waals surface area contributed by atoms with Crippen LogP contribution in [-0.4, -0.2) is 27.0 Å². The van der Waals surface area contributed by atoms with Gasteiger partial charge in [-0.25, -0.2) is 0 Å². The average Bonchev–Trinajstić information content (AvgIpc) is 2.78. The molecule has 0 unspecified atom stereocenters. The number of nitrogens with one attached hydrogen (secondary N) is 1. The van der Waals surface area contributed by atoms with Crippen LogP contribution in [0.15, 0.2) is 27.0 Å². The number of nitrogens with zero attached hydrogens (tertiary/aromatic N) is 2. The van der Waals surface area contributed by atoms with Crippen molar-refractivity contribution in [2.75, 3.05) is 11.1 Å². The third kappa shape index (κ3) is 4.19. The summed E-state index contributed by atoms with van der Waals surface area (Å²) in [5.74, 6) is -0.876. The highest BCUT2D eigenvalue weighted by molar-refractivity contribution is 9.10. The molecular formula is C11H10BrN3O2S2. The lowest BCUT2D eigenvalue weighted by molar-refractivity contribution is -0.133. The van der Waals surface area contributed by atoms with Gasteiger partial charge in [0.05, 0.1) is 11.4 Å². The zero-order valence-electron chi connectivity index (χ0n) is 9.88. The Morgan fingerprint density at radius 3 is 3.00 bits per heavy atom. The Balaban J connectivity index is 2.05. The van der Waals surface area contributed by atoms with Crippen molar-refractivity contribution in [3.8, 4) is 0 Å². The number of thioether (sulfide) groups is 1. The molecule has 19 heavy (non-hydrogen) atoms. The number of aliphatic carboxylic acids is 1. The van der Waals surface area contributed by atoms with Crippen molar-refractivity contribution in [3.63, 3.8) is 0 Å². The minimum atomic E-state index is -0.865. The van der Waals surface area contributed by atoms with Crippen molar-refractivity contribution >= 4 is 55.8 Å². The summed E-state index contributed by atoms with van der Waals surface area (Å²) < 4.78 is 1.58. The van der Waals surface area contributed by atoms with Gasteiger partial charge < -0.3 is 10.4 Å². The first-order chi connectivity index (χ1) is 9.04. The fourth-order valence-corrected chi connectivity index (χ4v) is 3.36. The number of halogens is 1. The maximum atomic E-state index is 10.5. The van der Waals surface area contributed by atoms with Crippen LogP contribution >= 0.6 is 39.0 Å². The SMILES string of the molecule is Cc1ccc(Nc2nnc(SCC(=O)O)s2)c(Br)c1. The Hall–Kier alpha value is -1.12. The Labute approximate surface area is 126 Å². The van der Waals surface area contributed by atoms with E-state index in [2.05, 4.69) is 31.4 Å². The summed E-state index contributed by atoms with van der Waals surface area (Å²) in [5, 5.41) is 20.3. The lowest BCUT2D eigenvalue weighted by Crippen LogP contribution is -1.96. The van der Waals surface area contributed by atoms with Gasteiger partial charge in [0.1, 0.15) is 0 Å². The fraction of sp³-hybridized carbons (Fsp3) is 0.182. The number of carboxylic acids is 1. The van der Waals surface area contributed by atoms with Crippen LogP contribution in [0.5, 0.6) is 0 Å². The van der Waals surface area contributed by atoms with Gasteiger partial charge in [-0.15, -0.1) is 10.2 Å². The fourth-order valence-electron chi connectivity index (χ4n) is 1.28. The maximum absolute atomic E-state index is 10.5. The molecule has 0 saturated carbocycles. The van der Waals surface area contributed by atoms with E-state index in [1.807, 2.05) is 25.1 Å². The number of rotatable bonds is 5. The van der Waals surface area contributed by atoms with Gasteiger partial charge >= 0.3 is 5.97 Å². The molecule has 0 bridgehead atoms. The number of anilines is 2. The number of hydrogen-bond donors (Lipinski definition) is 2. The van der Waals surface area contributed by atoms with Gasteiger partial charge in [0.15, 0.2) is 4.34 Å². The van der Waals surface area contributed by atoms with Crippen LogP contribution in [0.25, 0.3) is 0 Å². The summed E-state index contributed by atoms with van der Waals surface area (Å²) in [7, 11) is 0. The van der Waals surface area contributed by atoms with Crippen molar-refractivity contribution in [3.05, 3.63) is 28.2 Å². The predicted octanol–water partition coefficient (Wildman–Crippen LogP) is 3.53. The second-order valence-corrected chi connectivity index (χ2v) is 6.72. The summed E-state index contributed by atoms with van der Waals surface area (Å²) >= 11 is 5.96. The minimum absolute atomic E-state index is 0.0111. The number of carboxylic acid groups (broad SMARTS) is 1. The molecule has 8 heteroatoms. The van der Waals surface area contributed by atoms with Gasteiger partial charge in [0.2, 0.25) is 5.13 Å². The normalized spacial score (nSPS) is 10.4.